The molecule has 164 valence electrons. The van der Waals surface area contributed by atoms with Gasteiger partial charge in [-0.15, -0.1) is 11.3 Å². The molecular weight excluding hydrogens is 487 g/mol. The van der Waals surface area contributed by atoms with Crippen molar-refractivity contribution in [1.82, 2.24) is 9.29 Å². The molecule has 0 spiro atoms. The summed E-state index contributed by atoms with van der Waals surface area (Å²) in [6.07, 6.45) is 0.384. The van der Waals surface area contributed by atoms with E-state index in [2.05, 4.69) is 4.98 Å². The highest BCUT2D eigenvalue weighted by Crippen LogP contribution is 2.30. The van der Waals surface area contributed by atoms with E-state index in [4.69, 9.17) is 23.2 Å². The quantitative estimate of drug-likeness (QED) is 0.500. The van der Waals surface area contributed by atoms with Gasteiger partial charge in [0, 0.05) is 43.0 Å². The van der Waals surface area contributed by atoms with E-state index in [0.717, 1.165) is 16.9 Å². The monoisotopic (exact) mass is 503 g/mol. The minimum Gasteiger partial charge on any atom is -0.345 e. The van der Waals surface area contributed by atoms with Crippen LogP contribution in [0.1, 0.15) is 11.3 Å². The van der Waals surface area contributed by atoms with Gasteiger partial charge in [0.15, 0.2) is 16.8 Å². The van der Waals surface area contributed by atoms with Crippen LogP contribution in [-0.2, 0) is 16.4 Å². The maximum Gasteiger partial charge on any atom is 0.244 e. The Labute approximate surface area is 192 Å². The molecule has 0 bridgehead atoms. The molecule has 1 aliphatic heterocycles. The second kappa shape index (κ2) is 8.99. The minimum atomic E-state index is -3.76. The maximum atomic E-state index is 13.4. The molecule has 1 aromatic heterocycles. The van der Waals surface area contributed by atoms with Crippen molar-refractivity contribution >= 4 is 49.7 Å². The lowest BCUT2D eigenvalue weighted by Gasteiger charge is -2.34. The first kappa shape index (κ1) is 22.4. The fourth-order valence-corrected chi connectivity index (χ4v) is 6.35. The molecule has 0 aliphatic carbocycles. The fourth-order valence-electron chi connectivity index (χ4n) is 3.32. The Balaban J connectivity index is 1.42. The number of rotatable bonds is 5. The van der Waals surface area contributed by atoms with Crippen molar-refractivity contribution < 1.29 is 17.2 Å². The third-order valence-electron chi connectivity index (χ3n) is 4.93. The number of halogens is 4. The van der Waals surface area contributed by atoms with Crippen molar-refractivity contribution in [3.05, 3.63) is 74.7 Å². The summed E-state index contributed by atoms with van der Waals surface area (Å²) in [5, 5.41) is 3.06. The number of nitrogens with zero attached hydrogens (tertiary/aromatic N) is 3. The van der Waals surface area contributed by atoms with Gasteiger partial charge in [-0.2, -0.15) is 4.31 Å². The van der Waals surface area contributed by atoms with Crippen LogP contribution in [0.5, 0.6) is 0 Å². The summed E-state index contributed by atoms with van der Waals surface area (Å²) in [6.45, 7) is 1.50. The summed E-state index contributed by atoms with van der Waals surface area (Å²) < 4.78 is 53.8. The van der Waals surface area contributed by atoms with Gasteiger partial charge < -0.3 is 4.90 Å². The number of hydrogen-bond acceptors (Lipinski definition) is 5. The zero-order chi connectivity index (χ0) is 22.2. The first-order chi connectivity index (χ1) is 14.7. The average Bonchev–Trinajstić information content (AvgIpc) is 3.21. The van der Waals surface area contributed by atoms with Gasteiger partial charge in [-0.05, 0) is 35.9 Å². The van der Waals surface area contributed by atoms with Crippen molar-refractivity contribution in [3.63, 3.8) is 0 Å². The normalized spacial score (nSPS) is 15.4. The average molecular weight is 504 g/mol. The Bertz CT molecular complexity index is 1210. The molecule has 0 amide bonds. The van der Waals surface area contributed by atoms with E-state index in [1.54, 1.807) is 6.07 Å². The molecule has 31 heavy (non-hydrogen) atoms. The largest absolute Gasteiger partial charge is 0.345 e. The van der Waals surface area contributed by atoms with Gasteiger partial charge in [0.1, 0.15) is 4.90 Å². The van der Waals surface area contributed by atoms with Crippen LogP contribution in [0.25, 0.3) is 0 Å². The Kier molecular flexibility index (Phi) is 6.50. The lowest BCUT2D eigenvalue weighted by molar-refractivity contribution is 0.384. The van der Waals surface area contributed by atoms with E-state index in [0.29, 0.717) is 30.1 Å². The highest BCUT2D eigenvalue weighted by Gasteiger charge is 2.31. The summed E-state index contributed by atoms with van der Waals surface area (Å²) in [5.74, 6) is -1.76. The maximum absolute atomic E-state index is 13.4. The molecule has 2 aromatic carbocycles. The molecule has 1 saturated heterocycles. The van der Waals surface area contributed by atoms with Crippen LogP contribution in [0.4, 0.5) is 13.9 Å². The Morgan fingerprint density at radius 1 is 1.00 bits per heavy atom. The zero-order valence-electron chi connectivity index (χ0n) is 16.1. The Morgan fingerprint density at radius 3 is 2.45 bits per heavy atom. The molecule has 11 heteroatoms. The first-order valence-electron chi connectivity index (χ1n) is 9.32. The summed E-state index contributed by atoms with van der Waals surface area (Å²) in [6, 6.07) is 8.17. The van der Waals surface area contributed by atoms with Gasteiger partial charge in [-0.25, -0.2) is 22.2 Å². The van der Waals surface area contributed by atoms with Gasteiger partial charge >= 0.3 is 0 Å². The number of hydrogen-bond donors (Lipinski definition) is 0. The predicted octanol–water partition coefficient (Wildman–Crippen LogP) is 4.83. The topological polar surface area (TPSA) is 53.5 Å². The van der Waals surface area contributed by atoms with Gasteiger partial charge in [0.2, 0.25) is 10.0 Å². The first-order valence-corrected chi connectivity index (χ1v) is 12.4. The van der Waals surface area contributed by atoms with E-state index in [1.807, 2.05) is 10.3 Å². The molecule has 0 atom stereocenters. The van der Waals surface area contributed by atoms with Crippen LogP contribution >= 0.6 is 34.5 Å². The number of piperazine rings is 1. The molecular formula is C20H17Cl2F2N3O2S2. The van der Waals surface area contributed by atoms with Gasteiger partial charge in [0.25, 0.3) is 0 Å². The van der Waals surface area contributed by atoms with Crippen LogP contribution in [-0.4, -0.2) is 43.9 Å². The molecule has 0 unspecified atom stereocenters. The van der Waals surface area contributed by atoms with E-state index >= 15 is 0 Å². The lowest BCUT2D eigenvalue weighted by Crippen LogP contribution is -2.48. The third-order valence-corrected chi connectivity index (χ3v) is 8.49. The molecule has 3 aromatic rings. The molecule has 1 fully saturated rings. The van der Waals surface area contributed by atoms with Crippen LogP contribution in [0.3, 0.4) is 0 Å². The number of sulfonamides is 1. The molecule has 2 heterocycles. The lowest BCUT2D eigenvalue weighted by atomic mass is 10.1. The Hall–Kier alpha value is -1.78. The summed E-state index contributed by atoms with van der Waals surface area (Å²) in [5.41, 5.74) is 1.37. The summed E-state index contributed by atoms with van der Waals surface area (Å²) in [4.78, 5) is 6.58. The smallest absolute Gasteiger partial charge is 0.244 e. The highest BCUT2D eigenvalue weighted by molar-refractivity contribution is 7.89. The third kappa shape index (κ3) is 4.85. The van der Waals surface area contributed by atoms with Crippen molar-refractivity contribution in [3.8, 4) is 0 Å². The van der Waals surface area contributed by atoms with E-state index in [-0.39, 0.29) is 23.0 Å². The van der Waals surface area contributed by atoms with Crippen LogP contribution < -0.4 is 4.90 Å². The second-order valence-electron chi connectivity index (χ2n) is 7.01. The minimum absolute atomic E-state index is 0.00168. The SMILES string of the molecule is O=S(=O)(c1cc(Cl)ccc1Cl)N1CCN(c2nc(Cc3ccc(F)c(F)c3)cs2)CC1. The van der Waals surface area contributed by atoms with Crippen molar-refractivity contribution in [2.45, 2.75) is 11.3 Å². The van der Waals surface area contributed by atoms with Gasteiger partial charge in [-0.1, -0.05) is 29.3 Å². The second-order valence-corrected chi connectivity index (χ2v) is 10.6. The van der Waals surface area contributed by atoms with Crippen LogP contribution in [0.15, 0.2) is 46.7 Å². The number of benzene rings is 2. The van der Waals surface area contributed by atoms with Crippen LogP contribution in [0.2, 0.25) is 10.0 Å². The molecule has 5 nitrogen and oxygen atoms in total. The molecule has 4 rings (SSSR count). The van der Waals surface area contributed by atoms with Crippen molar-refractivity contribution in [2.24, 2.45) is 0 Å². The van der Waals surface area contributed by atoms with E-state index in [1.165, 1.54) is 39.9 Å². The standard InChI is InChI=1S/C20H17Cl2F2N3O2S2/c21-14-2-3-16(22)19(11-14)31(28,29)27-7-5-26(6-8-27)20-25-15(12-30-20)9-13-1-4-17(23)18(24)10-13/h1-4,10-12H,5-9H2. The Morgan fingerprint density at radius 2 is 1.74 bits per heavy atom. The predicted molar refractivity (Wildman–Crippen MR) is 119 cm³/mol. The van der Waals surface area contributed by atoms with Crippen LogP contribution in [0, 0.1) is 11.6 Å². The fraction of sp³-hybridized carbons (Fsp3) is 0.250. The molecule has 0 saturated carbocycles. The molecule has 0 N–H and O–H groups in total. The number of thiazole rings is 1. The highest BCUT2D eigenvalue weighted by atomic mass is 35.5. The van der Waals surface area contributed by atoms with Crippen molar-refractivity contribution in [2.75, 3.05) is 31.1 Å². The molecule has 1 aliphatic rings. The van der Waals surface area contributed by atoms with Crippen molar-refractivity contribution in [1.29, 1.82) is 0 Å². The van der Waals surface area contributed by atoms with E-state index in [9.17, 15) is 17.2 Å². The number of anilines is 1. The molecule has 0 radical (unpaired) electrons. The summed E-state index contributed by atoms with van der Waals surface area (Å²) >= 11 is 13.5. The van der Waals surface area contributed by atoms with E-state index < -0.39 is 21.7 Å². The zero-order valence-corrected chi connectivity index (χ0v) is 19.2. The number of aromatic nitrogens is 1. The summed E-state index contributed by atoms with van der Waals surface area (Å²) in [7, 11) is -3.76. The van der Waals surface area contributed by atoms with Gasteiger partial charge in [0.05, 0.1) is 10.7 Å². The van der Waals surface area contributed by atoms with Gasteiger partial charge in [-0.3, -0.25) is 0 Å².